The lowest BCUT2D eigenvalue weighted by atomic mass is 10.0. The van der Waals surface area contributed by atoms with Crippen molar-refractivity contribution >= 4 is 0 Å². The van der Waals surface area contributed by atoms with E-state index < -0.39 is 0 Å². The fourth-order valence-electron chi connectivity index (χ4n) is 4.89. The SMILES string of the molecule is CCC(C)N(Cc1ccccc1)Cc1ccccc1.CC[C@@H](C)N(Cc1ccccc1)[C@@H](C)c1ccccc1. The fraction of sp³-hybridized carbons (Fsp3) is 0.351. The average molecular weight is 521 g/mol. The molecule has 0 aliphatic carbocycles. The van der Waals surface area contributed by atoms with Crippen LogP contribution in [0.25, 0.3) is 0 Å². The van der Waals surface area contributed by atoms with Gasteiger partial charge in [-0.25, -0.2) is 0 Å². The zero-order valence-electron chi connectivity index (χ0n) is 24.7. The molecule has 39 heavy (non-hydrogen) atoms. The van der Waals surface area contributed by atoms with Crippen LogP contribution >= 0.6 is 0 Å². The predicted octanol–water partition coefficient (Wildman–Crippen LogP) is 9.54. The molecule has 4 rings (SSSR count). The third-order valence-corrected chi connectivity index (χ3v) is 7.82. The average Bonchev–Trinajstić information content (AvgIpc) is 3.00. The minimum Gasteiger partial charge on any atom is -0.292 e. The molecule has 4 aromatic carbocycles. The van der Waals surface area contributed by atoms with E-state index in [1.54, 1.807) is 0 Å². The molecule has 3 atom stereocenters. The molecular formula is C37H48N2. The van der Waals surface area contributed by atoms with Crippen LogP contribution in [-0.4, -0.2) is 21.9 Å². The van der Waals surface area contributed by atoms with Gasteiger partial charge in [0.15, 0.2) is 0 Å². The van der Waals surface area contributed by atoms with Crippen molar-refractivity contribution in [2.75, 3.05) is 0 Å². The molecule has 0 amide bonds. The predicted molar refractivity (Wildman–Crippen MR) is 168 cm³/mol. The van der Waals surface area contributed by atoms with Crippen LogP contribution in [0.5, 0.6) is 0 Å². The maximum absolute atomic E-state index is 2.59. The summed E-state index contributed by atoms with van der Waals surface area (Å²) in [7, 11) is 0. The zero-order chi connectivity index (χ0) is 27.9. The summed E-state index contributed by atoms with van der Waals surface area (Å²) in [6.45, 7) is 14.5. The van der Waals surface area contributed by atoms with Crippen LogP contribution in [0.4, 0.5) is 0 Å². The highest BCUT2D eigenvalue weighted by molar-refractivity contribution is 5.20. The van der Waals surface area contributed by atoms with Crippen molar-refractivity contribution in [3.8, 4) is 0 Å². The molecule has 1 unspecified atom stereocenters. The maximum atomic E-state index is 2.59. The lowest BCUT2D eigenvalue weighted by Gasteiger charge is -2.34. The van der Waals surface area contributed by atoms with Gasteiger partial charge in [-0.3, -0.25) is 9.80 Å². The van der Waals surface area contributed by atoms with Gasteiger partial charge < -0.3 is 0 Å². The molecule has 0 fully saturated rings. The molecule has 0 radical (unpaired) electrons. The molecule has 0 saturated heterocycles. The monoisotopic (exact) mass is 520 g/mol. The highest BCUT2D eigenvalue weighted by Gasteiger charge is 2.20. The number of hydrogen-bond donors (Lipinski definition) is 0. The van der Waals surface area contributed by atoms with Gasteiger partial charge in [0, 0.05) is 37.8 Å². The number of nitrogens with zero attached hydrogens (tertiary/aromatic N) is 2. The van der Waals surface area contributed by atoms with E-state index in [1.165, 1.54) is 35.1 Å². The second kappa shape index (κ2) is 16.7. The third kappa shape index (κ3) is 10.1. The molecular weight excluding hydrogens is 472 g/mol. The van der Waals surface area contributed by atoms with E-state index >= 15 is 0 Å². The lowest BCUT2D eigenvalue weighted by molar-refractivity contribution is 0.141. The highest BCUT2D eigenvalue weighted by atomic mass is 15.2. The summed E-state index contributed by atoms with van der Waals surface area (Å²) in [6.07, 6.45) is 2.35. The quantitative estimate of drug-likeness (QED) is 0.183. The van der Waals surface area contributed by atoms with E-state index in [0.717, 1.165) is 19.6 Å². The standard InChI is InChI=1S/C19H25N.C18H23N/c1-4-16(2)20(15-18-11-7-5-8-12-18)17(3)19-13-9-6-10-14-19;1-3-16(2)19(14-17-10-6-4-7-11-17)15-18-12-8-5-9-13-18/h5-14,16-17H,4,15H2,1-3H3;4-13,16H,3,14-15H2,1-2H3/t16-,17+;/m1./s1. The van der Waals surface area contributed by atoms with Gasteiger partial charge >= 0.3 is 0 Å². The molecule has 0 N–H and O–H groups in total. The molecule has 2 nitrogen and oxygen atoms in total. The Hall–Kier alpha value is -3.20. The Balaban J connectivity index is 0.000000216. The summed E-state index contributed by atoms with van der Waals surface area (Å²) in [5.74, 6) is 0. The number of rotatable bonds is 12. The Morgan fingerprint density at radius 1 is 0.462 bits per heavy atom. The second-order valence-corrected chi connectivity index (χ2v) is 10.6. The molecule has 0 aliphatic rings. The Morgan fingerprint density at radius 3 is 1.21 bits per heavy atom. The molecule has 0 saturated carbocycles. The summed E-state index contributed by atoms with van der Waals surface area (Å²) in [5.41, 5.74) is 5.55. The Morgan fingerprint density at radius 2 is 0.821 bits per heavy atom. The van der Waals surface area contributed by atoms with Crippen molar-refractivity contribution in [1.82, 2.24) is 9.80 Å². The molecule has 206 valence electrons. The van der Waals surface area contributed by atoms with E-state index in [1.807, 2.05) is 0 Å². The van der Waals surface area contributed by atoms with Gasteiger partial charge in [0.2, 0.25) is 0 Å². The van der Waals surface area contributed by atoms with Crippen molar-refractivity contribution in [2.24, 2.45) is 0 Å². The van der Waals surface area contributed by atoms with Crippen molar-refractivity contribution in [1.29, 1.82) is 0 Å². The van der Waals surface area contributed by atoms with Crippen LogP contribution in [0.1, 0.15) is 75.8 Å². The first-order valence-corrected chi connectivity index (χ1v) is 14.7. The van der Waals surface area contributed by atoms with Crippen LogP contribution in [0.3, 0.4) is 0 Å². The van der Waals surface area contributed by atoms with E-state index in [2.05, 4.69) is 166 Å². The fourth-order valence-corrected chi connectivity index (χ4v) is 4.89. The normalized spacial score (nSPS) is 13.4. The summed E-state index contributed by atoms with van der Waals surface area (Å²) in [4.78, 5) is 5.13. The first-order chi connectivity index (χ1) is 19.0. The summed E-state index contributed by atoms with van der Waals surface area (Å²) in [6, 6.07) is 44.6. The van der Waals surface area contributed by atoms with Crippen LogP contribution in [-0.2, 0) is 19.6 Å². The van der Waals surface area contributed by atoms with Crippen LogP contribution in [0.15, 0.2) is 121 Å². The number of benzene rings is 4. The molecule has 0 aromatic heterocycles. The van der Waals surface area contributed by atoms with Crippen LogP contribution < -0.4 is 0 Å². The minimum absolute atomic E-state index is 0.436. The van der Waals surface area contributed by atoms with E-state index in [0.29, 0.717) is 18.1 Å². The zero-order valence-corrected chi connectivity index (χ0v) is 24.7. The van der Waals surface area contributed by atoms with Crippen molar-refractivity contribution in [3.05, 3.63) is 144 Å². The number of hydrogen-bond acceptors (Lipinski definition) is 2. The third-order valence-electron chi connectivity index (χ3n) is 7.82. The van der Waals surface area contributed by atoms with Crippen LogP contribution in [0, 0.1) is 0 Å². The van der Waals surface area contributed by atoms with Crippen molar-refractivity contribution in [2.45, 2.75) is 85.2 Å². The van der Waals surface area contributed by atoms with Gasteiger partial charge in [0.05, 0.1) is 0 Å². The summed E-state index contributed by atoms with van der Waals surface area (Å²) >= 11 is 0. The second-order valence-electron chi connectivity index (χ2n) is 10.6. The van der Waals surface area contributed by atoms with Crippen LogP contribution in [0.2, 0.25) is 0 Å². The summed E-state index contributed by atoms with van der Waals surface area (Å²) in [5, 5.41) is 0. The maximum Gasteiger partial charge on any atom is 0.0326 e. The molecule has 0 bridgehead atoms. The van der Waals surface area contributed by atoms with E-state index in [-0.39, 0.29) is 0 Å². The Kier molecular flexibility index (Phi) is 13.0. The van der Waals surface area contributed by atoms with Gasteiger partial charge in [-0.05, 0) is 55.9 Å². The van der Waals surface area contributed by atoms with Crippen molar-refractivity contribution in [3.63, 3.8) is 0 Å². The van der Waals surface area contributed by atoms with Gasteiger partial charge in [-0.1, -0.05) is 135 Å². The lowest BCUT2D eigenvalue weighted by Crippen LogP contribution is -2.34. The van der Waals surface area contributed by atoms with Crippen molar-refractivity contribution < 1.29 is 0 Å². The first-order valence-electron chi connectivity index (χ1n) is 14.7. The first kappa shape index (κ1) is 30.3. The molecule has 2 heteroatoms. The van der Waals surface area contributed by atoms with E-state index in [9.17, 15) is 0 Å². The van der Waals surface area contributed by atoms with Gasteiger partial charge in [0.25, 0.3) is 0 Å². The van der Waals surface area contributed by atoms with E-state index in [4.69, 9.17) is 0 Å². The molecule has 4 aromatic rings. The largest absolute Gasteiger partial charge is 0.292 e. The van der Waals surface area contributed by atoms with Gasteiger partial charge in [-0.2, -0.15) is 0 Å². The van der Waals surface area contributed by atoms with Gasteiger partial charge in [0.1, 0.15) is 0 Å². The summed E-state index contributed by atoms with van der Waals surface area (Å²) < 4.78 is 0. The highest BCUT2D eigenvalue weighted by Crippen LogP contribution is 2.25. The Labute approximate surface area is 238 Å². The Bertz CT molecular complexity index is 1100. The smallest absolute Gasteiger partial charge is 0.0326 e. The molecule has 0 aliphatic heterocycles. The molecule has 0 heterocycles. The molecule has 0 spiro atoms. The van der Waals surface area contributed by atoms with Gasteiger partial charge in [-0.15, -0.1) is 0 Å². The minimum atomic E-state index is 0.436. The topological polar surface area (TPSA) is 6.48 Å².